The molecule has 0 saturated carbocycles. The SMILES string of the molecule is CC(C)(C)NS(=O)(=O)c1c(Cl)cc(-c2cncc3cc(/C=C4/SC(=O)NC4=O)oc23)cc1Cl. The van der Waals surface area contributed by atoms with Gasteiger partial charge in [-0.3, -0.25) is 19.9 Å². The van der Waals surface area contributed by atoms with E-state index >= 15 is 0 Å². The van der Waals surface area contributed by atoms with Gasteiger partial charge < -0.3 is 4.42 Å². The first-order valence-corrected chi connectivity index (χ1v) is 12.6. The van der Waals surface area contributed by atoms with Crippen LogP contribution in [0.2, 0.25) is 10.0 Å². The predicted octanol–water partition coefficient (Wildman–Crippen LogP) is 5.20. The number of fused-ring (bicyclic) bond motifs is 1. The van der Waals surface area contributed by atoms with Crippen LogP contribution in [0, 0.1) is 0 Å². The van der Waals surface area contributed by atoms with Crippen molar-refractivity contribution in [1.82, 2.24) is 15.0 Å². The molecule has 0 spiro atoms. The molecule has 1 fully saturated rings. The summed E-state index contributed by atoms with van der Waals surface area (Å²) in [5, 5.41) is 2.24. The number of nitrogens with one attached hydrogen (secondary N) is 2. The summed E-state index contributed by atoms with van der Waals surface area (Å²) < 4.78 is 34.0. The molecule has 1 aliphatic rings. The molecule has 3 aromatic rings. The third-order valence-corrected chi connectivity index (χ3v) is 7.86. The lowest BCUT2D eigenvalue weighted by atomic mass is 10.1. The van der Waals surface area contributed by atoms with Crippen molar-refractivity contribution in [2.75, 3.05) is 0 Å². The average Bonchev–Trinajstić information content (AvgIpc) is 3.20. The third-order valence-electron chi connectivity index (χ3n) is 4.38. The van der Waals surface area contributed by atoms with Crippen LogP contribution >= 0.6 is 35.0 Å². The molecule has 8 nitrogen and oxygen atoms in total. The summed E-state index contributed by atoms with van der Waals surface area (Å²) in [4.78, 5) is 27.4. The number of furan rings is 1. The van der Waals surface area contributed by atoms with Gasteiger partial charge in [-0.15, -0.1) is 0 Å². The first kappa shape index (κ1) is 23.8. The lowest BCUT2D eigenvalue weighted by Gasteiger charge is -2.21. The Morgan fingerprint density at radius 1 is 1.12 bits per heavy atom. The molecule has 2 N–H and O–H groups in total. The van der Waals surface area contributed by atoms with Crippen LogP contribution in [0.4, 0.5) is 4.79 Å². The van der Waals surface area contributed by atoms with Crippen molar-refractivity contribution in [1.29, 1.82) is 0 Å². The van der Waals surface area contributed by atoms with Crippen LogP contribution < -0.4 is 10.0 Å². The average molecular weight is 526 g/mol. The van der Waals surface area contributed by atoms with Crippen molar-refractivity contribution in [3.05, 3.63) is 51.3 Å². The summed E-state index contributed by atoms with van der Waals surface area (Å²) in [6.07, 6.45) is 4.57. The number of sulfonamides is 1. The molecule has 1 aromatic carbocycles. The largest absolute Gasteiger partial charge is 0.456 e. The van der Waals surface area contributed by atoms with E-state index in [9.17, 15) is 18.0 Å². The quantitative estimate of drug-likeness (QED) is 0.449. The van der Waals surface area contributed by atoms with Crippen molar-refractivity contribution in [3.8, 4) is 11.1 Å². The third kappa shape index (κ3) is 4.95. The number of pyridine rings is 1. The number of amides is 2. The predicted molar refractivity (Wildman–Crippen MR) is 129 cm³/mol. The van der Waals surface area contributed by atoms with Gasteiger partial charge in [0.2, 0.25) is 10.0 Å². The molecule has 0 bridgehead atoms. The maximum Gasteiger partial charge on any atom is 0.290 e. The minimum absolute atomic E-state index is 0.0577. The number of hydrogen-bond donors (Lipinski definition) is 2. The Kier molecular flexibility index (Phi) is 6.08. The Balaban J connectivity index is 1.78. The summed E-state index contributed by atoms with van der Waals surface area (Å²) in [6, 6.07) is 4.62. The molecule has 0 aliphatic carbocycles. The van der Waals surface area contributed by atoms with Gasteiger partial charge in [0.05, 0.1) is 15.0 Å². The highest BCUT2D eigenvalue weighted by molar-refractivity contribution is 8.18. The van der Waals surface area contributed by atoms with Crippen molar-refractivity contribution in [2.45, 2.75) is 31.2 Å². The molecule has 2 amide bonds. The van der Waals surface area contributed by atoms with Crippen LogP contribution in [0.5, 0.6) is 0 Å². The number of imide groups is 1. The molecule has 3 heterocycles. The lowest BCUT2D eigenvalue weighted by Crippen LogP contribution is -2.40. The fourth-order valence-electron chi connectivity index (χ4n) is 3.24. The van der Waals surface area contributed by atoms with Crippen molar-refractivity contribution in [3.63, 3.8) is 0 Å². The van der Waals surface area contributed by atoms with Crippen molar-refractivity contribution < 1.29 is 22.4 Å². The van der Waals surface area contributed by atoms with E-state index < -0.39 is 26.7 Å². The molecule has 2 aromatic heterocycles. The lowest BCUT2D eigenvalue weighted by molar-refractivity contribution is -0.115. The Bertz CT molecular complexity index is 1430. The van der Waals surface area contributed by atoms with Crippen LogP contribution in [0.3, 0.4) is 0 Å². The van der Waals surface area contributed by atoms with E-state index in [1.807, 2.05) is 0 Å². The highest BCUT2D eigenvalue weighted by atomic mass is 35.5. The van der Waals surface area contributed by atoms with Crippen LogP contribution in [0.15, 0.2) is 44.8 Å². The number of nitrogens with zero attached hydrogens (tertiary/aromatic N) is 1. The molecule has 0 atom stereocenters. The van der Waals surface area contributed by atoms with Gasteiger partial charge in [-0.1, -0.05) is 23.2 Å². The van der Waals surface area contributed by atoms with E-state index in [2.05, 4.69) is 15.0 Å². The van der Waals surface area contributed by atoms with Gasteiger partial charge in [0.25, 0.3) is 11.1 Å². The van der Waals surface area contributed by atoms with E-state index in [4.69, 9.17) is 27.6 Å². The fourth-order valence-corrected chi connectivity index (χ4v) is 6.53. The standard InChI is InChI=1S/C21H17Cl2N3O5S2/c1-21(2,3)26-33(29,30)18-14(22)5-10(6-15(18)23)13-9-24-8-11-4-12(31-17(11)13)7-16-19(27)25-20(28)32-16/h4-9,26H,1-3H3,(H,25,27,28)/b16-7+. The number of halogens is 2. The molecule has 1 saturated heterocycles. The first-order valence-electron chi connectivity index (χ1n) is 9.50. The number of carbonyl (C=O) groups excluding carboxylic acids is 2. The molecular weight excluding hydrogens is 509 g/mol. The summed E-state index contributed by atoms with van der Waals surface area (Å²) in [5.41, 5.74) is 0.725. The van der Waals surface area contributed by atoms with Gasteiger partial charge in [-0.25, -0.2) is 13.1 Å². The maximum atomic E-state index is 12.8. The van der Waals surface area contributed by atoms with Gasteiger partial charge in [0.15, 0.2) is 0 Å². The van der Waals surface area contributed by atoms with E-state index in [1.165, 1.54) is 24.4 Å². The molecule has 172 valence electrons. The number of rotatable bonds is 4. The Labute approximate surface area is 203 Å². The Hall–Kier alpha value is -2.37. The van der Waals surface area contributed by atoms with Gasteiger partial charge in [-0.2, -0.15) is 0 Å². The summed E-state index contributed by atoms with van der Waals surface area (Å²) in [7, 11) is -3.97. The molecule has 0 unspecified atom stereocenters. The Morgan fingerprint density at radius 2 is 1.79 bits per heavy atom. The fraction of sp³-hybridized carbons (Fsp3) is 0.190. The minimum atomic E-state index is -3.97. The van der Waals surface area contributed by atoms with Gasteiger partial charge in [0, 0.05) is 35.0 Å². The number of thioether (sulfide) groups is 1. The van der Waals surface area contributed by atoms with E-state index in [0.717, 1.165) is 11.8 Å². The van der Waals surface area contributed by atoms with Gasteiger partial charge >= 0.3 is 0 Å². The zero-order chi connectivity index (χ0) is 24.1. The van der Waals surface area contributed by atoms with Crippen molar-refractivity contribution in [2.24, 2.45) is 0 Å². The van der Waals surface area contributed by atoms with E-state index in [-0.39, 0.29) is 19.8 Å². The molecule has 0 radical (unpaired) electrons. The van der Waals surface area contributed by atoms with Gasteiger partial charge in [0.1, 0.15) is 16.2 Å². The Morgan fingerprint density at radius 3 is 2.36 bits per heavy atom. The number of carbonyl (C=O) groups is 2. The first-order chi connectivity index (χ1) is 15.3. The number of hydrogen-bond acceptors (Lipinski definition) is 7. The molecule has 33 heavy (non-hydrogen) atoms. The summed E-state index contributed by atoms with van der Waals surface area (Å²) in [5.74, 6) is -0.152. The topological polar surface area (TPSA) is 118 Å². The summed E-state index contributed by atoms with van der Waals surface area (Å²) in [6.45, 7) is 5.13. The monoisotopic (exact) mass is 525 g/mol. The molecule has 1 aliphatic heterocycles. The number of benzene rings is 1. The number of aromatic nitrogens is 1. The second-order valence-corrected chi connectivity index (χ2v) is 11.7. The highest BCUT2D eigenvalue weighted by Gasteiger charge is 2.28. The maximum absolute atomic E-state index is 12.8. The van der Waals surface area contributed by atoms with Crippen LogP contribution in [0.25, 0.3) is 28.2 Å². The van der Waals surface area contributed by atoms with Crippen molar-refractivity contribution >= 4 is 73.2 Å². The smallest absolute Gasteiger partial charge is 0.290 e. The molecular formula is C21H17Cl2N3O5S2. The van der Waals surface area contributed by atoms with E-state index in [1.54, 1.807) is 33.0 Å². The zero-order valence-corrected chi connectivity index (χ0v) is 20.7. The summed E-state index contributed by atoms with van der Waals surface area (Å²) >= 11 is 13.5. The van der Waals surface area contributed by atoms with Crippen LogP contribution in [-0.4, -0.2) is 30.1 Å². The highest BCUT2D eigenvalue weighted by Crippen LogP contribution is 2.38. The van der Waals surface area contributed by atoms with Crippen LogP contribution in [0.1, 0.15) is 26.5 Å². The normalized spacial score (nSPS) is 16.1. The minimum Gasteiger partial charge on any atom is -0.456 e. The second-order valence-electron chi connectivity index (χ2n) is 8.23. The molecule has 4 rings (SSSR count). The van der Waals surface area contributed by atoms with Gasteiger partial charge in [-0.05, 0) is 56.3 Å². The second kappa shape index (κ2) is 8.44. The zero-order valence-electron chi connectivity index (χ0n) is 17.5. The van der Waals surface area contributed by atoms with Crippen LogP contribution in [-0.2, 0) is 14.8 Å². The molecule has 12 heteroatoms. The van der Waals surface area contributed by atoms with E-state index in [0.29, 0.717) is 27.9 Å².